The van der Waals surface area contributed by atoms with Crippen LogP contribution in [0, 0.1) is 11.5 Å². The van der Waals surface area contributed by atoms with Crippen molar-refractivity contribution in [2.75, 3.05) is 11.5 Å². The van der Waals surface area contributed by atoms with Crippen LogP contribution >= 0.6 is 0 Å². The van der Waals surface area contributed by atoms with E-state index in [-0.39, 0.29) is 6.23 Å². The van der Waals surface area contributed by atoms with Crippen LogP contribution in [0.3, 0.4) is 0 Å². The molecule has 0 spiro atoms. The van der Waals surface area contributed by atoms with Gasteiger partial charge in [0.05, 0.1) is 5.69 Å². The van der Waals surface area contributed by atoms with E-state index in [1.807, 2.05) is 43.3 Å². The molecular formula is C12H12N2O. The molecule has 3 nitrogen and oxygen atoms in total. The summed E-state index contributed by atoms with van der Waals surface area (Å²) in [5.74, 6) is 0. The average Bonchev–Trinajstić information content (AvgIpc) is 2.29. The highest BCUT2D eigenvalue weighted by atomic mass is 16.5. The van der Waals surface area contributed by atoms with Crippen LogP contribution in [0.15, 0.2) is 30.3 Å². The normalized spacial score (nSPS) is 18.4. The van der Waals surface area contributed by atoms with Crippen molar-refractivity contribution in [3.63, 3.8) is 0 Å². The third-order valence-corrected chi connectivity index (χ3v) is 2.34. The molecule has 0 bridgehead atoms. The van der Waals surface area contributed by atoms with E-state index in [4.69, 9.17) is 10.00 Å². The van der Waals surface area contributed by atoms with Crippen LogP contribution in [-0.2, 0) is 4.74 Å². The lowest BCUT2D eigenvalue weighted by Crippen LogP contribution is -2.34. The van der Waals surface area contributed by atoms with Crippen LogP contribution in [0.1, 0.15) is 12.5 Å². The summed E-state index contributed by atoms with van der Waals surface area (Å²) >= 11 is 0. The number of benzene rings is 1. The first-order valence-corrected chi connectivity index (χ1v) is 4.94. The summed E-state index contributed by atoms with van der Waals surface area (Å²) in [7, 11) is 0. The molecular weight excluding hydrogens is 188 g/mol. The van der Waals surface area contributed by atoms with E-state index in [1.54, 1.807) is 4.90 Å². The Kier molecular flexibility index (Phi) is 2.70. The molecule has 2 rings (SSSR count). The molecule has 0 aromatic heterocycles. The molecule has 3 heteroatoms. The number of nitrogens with zero attached hydrogens (tertiary/aromatic N) is 2. The van der Waals surface area contributed by atoms with Crippen molar-refractivity contribution >= 4 is 11.8 Å². The van der Waals surface area contributed by atoms with Gasteiger partial charge in [-0.2, -0.15) is 5.26 Å². The molecule has 76 valence electrons. The Morgan fingerprint density at radius 2 is 2.27 bits per heavy atom. The quantitative estimate of drug-likeness (QED) is 0.687. The number of ether oxygens (including phenoxy) is 1. The van der Waals surface area contributed by atoms with Crippen molar-refractivity contribution < 1.29 is 4.74 Å². The molecule has 1 heterocycles. The van der Waals surface area contributed by atoms with Gasteiger partial charge < -0.3 is 4.74 Å². The Morgan fingerprint density at radius 3 is 3.00 bits per heavy atom. The van der Waals surface area contributed by atoms with Crippen molar-refractivity contribution in [1.82, 2.24) is 0 Å². The van der Waals surface area contributed by atoms with Crippen LogP contribution in [-0.4, -0.2) is 12.8 Å². The largest absolute Gasteiger partial charge is 0.354 e. The lowest BCUT2D eigenvalue weighted by molar-refractivity contribution is 0.101. The maximum absolute atomic E-state index is 9.10. The smallest absolute Gasteiger partial charge is 0.186 e. The predicted molar refractivity (Wildman–Crippen MR) is 59.0 cm³/mol. The van der Waals surface area contributed by atoms with Gasteiger partial charge in [0.1, 0.15) is 0 Å². The SMILES string of the molecule is CCOC1C=Cc2ccccc2N1C#N. The van der Waals surface area contributed by atoms with Gasteiger partial charge in [-0.1, -0.05) is 24.3 Å². The molecule has 0 radical (unpaired) electrons. The summed E-state index contributed by atoms with van der Waals surface area (Å²) in [6.45, 7) is 2.51. The van der Waals surface area contributed by atoms with Gasteiger partial charge in [0, 0.05) is 6.61 Å². The van der Waals surface area contributed by atoms with Gasteiger partial charge in [0.2, 0.25) is 0 Å². The first-order valence-electron chi connectivity index (χ1n) is 4.94. The maximum Gasteiger partial charge on any atom is 0.186 e. The van der Waals surface area contributed by atoms with Crippen molar-refractivity contribution in [2.24, 2.45) is 0 Å². The zero-order chi connectivity index (χ0) is 10.7. The van der Waals surface area contributed by atoms with Crippen LogP contribution < -0.4 is 4.90 Å². The monoisotopic (exact) mass is 200 g/mol. The molecule has 0 fully saturated rings. The second-order valence-corrected chi connectivity index (χ2v) is 3.23. The Morgan fingerprint density at radius 1 is 1.47 bits per heavy atom. The minimum Gasteiger partial charge on any atom is -0.354 e. The second-order valence-electron chi connectivity index (χ2n) is 3.23. The van der Waals surface area contributed by atoms with Gasteiger partial charge in [-0.15, -0.1) is 0 Å². The first kappa shape index (κ1) is 9.75. The van der Waals surface area contributed by atoms with E-state index in [1.165, 1.54) is 0 Å². The molecule has 1 aromatic rings. The van der Waals surface area contributed by atoms with Crippen LogP contribution in [0.4, 0.5) is 5.69 Å². The van der Waals surface area contributed by atoms with Crippen LogP contribution in [0.25, 0.3) is 6.08 Å². The predicted octanol–water partition coefficient (Wildman–Crippen LogP) is 2.36. The third kappa shape index (κ3) is 1.72. The number of hydrogen-bond acceptors (Lipinski definition) is 3. The fourth-order valence-corrected chi connectivity index (χ4v) is 1.67. The molecule has 0 amide bonds. The molecule has 1 atom stereocenters. The van der Waals surface area contributed by atoms with E-state index in [0.717, 1.165) is 11.3 Å². The molecule has 0 aliphatic carbocycles. The van der Waals surface area contributed by atoms with E-state index < -0.39 is 0 Å². The number of fused-ring (bicyclic) bond motifs is 1. The van der Waals surface area contributed by atoms with Gasteiger partial charge in [-0.25, -0.2) is 4.90 Å². The van der Waals surface area contributed by atoms with Gasteiger partial charge in [0.25, 0.3) is 0 Å². The van der Waals surface area contributed by atoms with Gasteiger partial charge in [0.15, 0.2) is 12.4 Å². The molecule has 0 N–H and O–H groups in total. The van der Waals surface area contributed by atoms with E-state index >= 15 is 0 Å². The molecule has 0 saturated carbocycles. The molecule has 1 unspecified atom stereocenters. The highest BCUT2D eigenvalue weighted by Gasteiger charge is 2.21. The summed E-state index contributed by atoms with van der Waals surface area (Å²) in [5, 5.41) is 9.10. The Balaban J connectivity index is 2.38. The summed E-state index contributed by atoms with van der Waals surface area (Å²) < 4.78 is 5.46. The maximum atomic E-state index is 9.10. The lowest BCUT2D eigenvalue weighted by atomic mass is 10.1. The Hall–Kier alpha value is -1.79. The number of rotatable bonds is 2. The van der Waals surface area contributed by atoms with Crippen molar-refractivity contribution in [3.8, 4) is 6.19 Å². The number of anilines is 1. The molecule has 15 heavy (non-hydrogen) atoms. The number of para-hydroxylation sites is 1. The zero-order valence-corrected chi connectivity index (χ0v) is 8.55. The topological polar surface area (TPSA) is 36.3 Å². The minimum atomic E-state index is -0.269. The Labute approximate surface area is 89.2 Å². The van der Waals surface area contributed by atoms with Gasteiger partial charge in [-0.05, 0) is 24.6 Å². The number of nitriles is 1. The lowest BCUT2D eigenvalue weighted by Gasteiger charge is -2.28. The fraction of sp³-hybridized carbons (Fsp3) is 0.250. The third-order valence-electron chi connectivity index (χ3n) is 2.34. The highest BCUT2D eigenvalue weighted by Crippen LogP contribution is 2.28. The molecule has 1 aliphatic heterocycles. The minimum absolute atomic E-state index is 0.269. The second kappa shape index (κ2) is 4.16. The van der Waals surface area contributed by atoms with Crippen LogP contribution in [0.5, 0.6) is 0 Å². The Bertz CT molecular complexity index is 420. The summed E-state index contributed by atoms with van der Waals surface area (Å²) in [4.78, 5) is 1.58. The molecule has 1 aliphatic rings. The van der Waals surface area contributed by atoms with Crippen molar-refractivity contribution in [2.45, 2.75) is 13.2 Å². The highest BCUT2D eigenvalue weighted by molar-refractivity contribution is 5.73. The standard InChI is InChI=1S/C12H12N2O/c1-2-15-12-8-7-10-5-3-4-6-11(10)14(12)9-13/h3-8,12H,2H2,1H3. The summed E-state index contributed by atoms with van der Waals surface area (Å²) in [6, 6.07) is 7.79. The van der Waals surface area contributed by atoms with Gasteiger partial charge in [-0.3, -0.25) is 0 Å². The van der Waals surface area contributed by atoms with Crippen molar-refractivity contribution in [1.29, 1.82) is 5.26 Å². The van der Waals surface area contributed by atoms with Gasteiger partial charge >= 0.3 is 0 Å². The first-order chi connectivity index (χ1) is 7.36. The zero-order valence-electron chi connectivity index (χ0n) is 8.55. The van der Waals surface area contributed by atoms with Crippen LogP contribution in [0.2, 0.25) is 0 Å². The summed E-state index contributed by atoms with van der Waals surface area (Å²) in [6.07, 6.45) is 5.77. The average molecular weight is 200 g/mol. The summed E-state index contributed by atoms with van der Waals surface area (Å²) in [5.41, 5.74) is 1.95. The van der Waals surface area contributed by atoms with Crippen molar-refractivity contribution in [3.05, 3.63) is 35.9 Å². The number of hydrogen-bond donors (Lipinski definition) is 0. The van der Waals surface area contributed by atoms with E-state index in [0.29, 0.717) is 6.61 Å². The molecule has 1 aromatic carbocycles. The van der Waals surface area contributed by atoms with E-state index in [2.05, 4.69) is 6.19 Å². The molecule has 0 saturated heterocycles. The van der Waals surface area contributed by atoms with E-state index in [9.17, 15) is 0 Å². The fourth-order valence-electron chi connectivity index (χ4n) is 1.67.